The van der Waals surface area contributed by atoms with E-state index in [4.69, 9.17) is 16.3 Å². The molecule has 0 spiro atoms. The van der Waals surface area contributed by atoms with Crippen LogP contribution in [0.4, 0.5) is 5.69 Å². The van der Waals surface area contributed by atoms with Crippen LogP contribution in [0.5, 0.6) is 11.5 Å². The van der Waals surface area contributed by atoms with Gasteiger partial charge in [0, 0.05) is 12.1 Å². The summed E-state index contributed by atoms with van der Waals surface area (Å²) < 4.78 is 5.49. The van der Waals surface area contributed by atoms with Crippen LogP contribution in [0.1, 0.15) is 5.56 Å². The Bertz CT molecular complexity index is 587. The lowest BCUT2D eigenvalue weighted by atomic mass is 10.2. The standard InChI is InChI=1S/C11H8ClN3O3/c1-7-4-8(15(16)17)2-3-10(7)18-9-5-13-11(12)14-6-9/h2-6H,1H3. The van der Waals surface area contributed by atoms with Crippen LogP contribution < -0.4 is 4.74 Å². The monoisotopic (exact) mass is 265 g/mol. The van der Waals surface area contributed by atoms with Crippen molar-refractivity contribution in [1.82, 2.24) is 9.97 Å². The maximum Gasteiger partial charge on any atom is 0.269 e. The lowest BCUT2D eigenvalue weighted by Crippen LogP contribution is -1.92. The molecule has 0 radical (unpaired) electrons. The normalized spacial score (nSPS) is 10.1. The summed E-state index contributed by atoms with van der Waals surface area (Å²) in [6, 6.07) is 4.34. The van der Waals surface area contributed by atoms with E-state index in [1.165, 1.54) is 30.6 Å². The third-order valence-electron chi connectivity index (χ3n) is 2.19. The predicted octanol–water partition coefficient (Wildman–Crippen LogP) is 3.14. The summed E-state index contributed by atoms with van der Waals surface area (Å²) in [6.07, 6.45) is 2.85. The van der Waals surface area contributed by atoms with Gasteiger partial charge in [0.1, 0.15) is 5.75 Å². The number of nitro groups is 1. The van der Waals surface area contributed by atoms with Crippen molar-refractivity contribution in [2.75, 3.05) is 0 Å². The minimum atomic E-state index is -0.456. The van der Waals surface area contributed by atoms with Crippen molar-refractivity contribution >= 4 is 17.3 Å². The maximum absolute atomic E-state index is 10.6. The summed E-state index contributed by atoms with van der Waals surface area (Å²) in [4.78, 5) is 17.7. The van der Waals surface area contributed by atoms with Crippen molar-refractivity contribution in [2.24, 2.45) is 0 Å². The number of rotatable bonds is 3. The largest absolute Gasteiger partial charge is 0.454 e. The molecule has 0 N–H and O–H groups in total. The first-order valence-electron chi connectivity index (χ1n) is 4.96. The zero-order valence-electron chi connectivity index (χ0n) is 9.33. The first-order valence-corrected chi connectivity index (χ1v) is 5.34. The Morgan fingerprint density at radius 3 is 2.56 bits per heavy atom. The van der Waals surface area contributed by atoms with E-state index in [1.54, 1.807) is 6.92 Å². The summed E-state index contributed by atoms with van der Waals surface area (Å²) >= 11 is 5.55. The highest BCUT2D eigenvalue weighted by Gasteiger charge is 2.09. The highest BCUT2D eigenvalue weighted by molar-refractivity contribution is 6.28. The lowest BCUT2D eigenvalue weighted by molar-refractivity contribution is -0.384. The van der Waals surface area contributed by atoms with Gasteiger partial charge >= 0.3 is 0 Å². The van der Waals surface area contributed by atoms with Crippen LogP contribution in [0, 0.1) is 17.0 Å². The Hall–Kier alpha value is -2.21. The van der Waals surface area contributed by atoms with Gasteiger partial charge in [0.15, 0.2) is 5.75 Å². The highest BCUT2D eigenvalue weighted by Crippen LogP contribution is 2.27. The SMILES string of the molecule is Cc1cc([N+](=O)[O-])ccc1Oc1cnc(Cl)nc1. The molecule has 18 heavy (non-hydrogen) atoms. The number of aromatic nitrogens is 2. The van der Waals surface area contributed by atoms with Crippen molar-refractivity contribution < 1.29 is 9.66 Å². The molecule has 6 nitrogen and oxygen atoms in total. The average Bonchev–Trinajstić information content (AvgIpc) is 2.34. The van der Waals surface area contributed by atoms with E-state index in [1.807, 2.05) is 0 Å². The summed E-state index contributed by atoms with van der Waals surface area (Å²) in [5, 5.41) is 10.7. The molecular formula is C11H8ClN3O3. The molecule has 0 aliphatic heterocycles. The van der Waals surface area contributed by atoms with E-state index in [0.717, 1.165) is 0 Å². The Kier molecular flexibility index (Phi) is 3.38. The lowest BCUT2D eigenvalue weighted by Gasteiger charge is -2.07. The first-order chi connectivity index (χ1) is 8.56. The molecule has 0 aliphatic rings. The van der Waals surface area contributed by atoms with Crippen molar-refractivity contribution in [3.8, 4) is 11.5 Å². The number of hydrogen-bond donors (Lipinski definition) is 0. The second-order valence-corrected chi connectivity index (χ2v) is 3.83. The van der Waals surface area contributed by atoms with Crippen LogP contribution in [-0.2, 0) is 0 Å². The number of ether oxygens (including phenoxy) is 1. The Morgan fingerprint density at radius 2 is 2.00 bits per heavy atom. The third kappa shape index (κ3) is 2.72. The van der Waals surface area contributed by atoms with Gasteiger partial charge in [-0.3, -0.25) is 10.1 Å². The fourth-order valence-corrected chi connectivity index (χ4v) is 1.44. The molecule has 2 aromatic rings. The fourth-order valence-electron chi connectivity index (χ4n) is 1.34. The van der Waals surface area contributed by atoms with Crippen molar-refractivity contribution in [2.45, 2.75) is 6.92 Å². The quantitative estimate of drug-likeness (QED) is 0.484. The summed E-state index contributed by atoms with van der Waals surface area (Å²) in [5.74, 6) is 0.919. The number of aryl methyl sites for hydroxylation is 1. The van der Waals surface area contributed by atoms with Crippen LogP contribution in [0.3, 0.4) is 0 Å². The van der Waals surface area contributed by atoms with E-state index >= 15 is 0 Å². The summed E-state index contributed by atoms with van der Waals surface area (Å²) in [6.45, 7) is 1.72. The number of benzene rings is 1. The van der Waals surface area contributed by atoms with E-state index in [2.05, 4.69) is 9.97 Å². The minimum absolute atomic E-state index is 0.0206. The van der Waals surface area contributed by atoms with Crippen molar-refractivity contribution in [1.29, 1.82) is 0 Å². The Balaban J connectivity index is 2.24. The number of halogens is 1. The third-order valence-corrected chi connectivity index (χ3v) is 2.39. The summed E-state index contributed by atoms with van der Waals surface area (Å²) in [7, 11) is 0. The predicted molar refractivity (Wildman–Crippen MR) is 64.9 cm³/mol. The summed E-state index contributed by atoms with van der Waals surface area (Å²) in [5.41, 5.74) is 0.673. The Labute approximate surface area is 107 Å². The number of non-ortho nitro benzene ring substituents is 1. The molecule has 7 heteroatoms. The number of hydrogen-bond acceptors (Lipinski definition) is 5. The van der Waals surface area contributed by atoms with E-state index in [9.17, 15) is 10.1 Å². The molecule has 0 atom stereocenters. The zero-order chi connectivity index (χ0) is 13.1. The van der Waals surface area contributed by atoms with Gasteiger partial charge in [0.25, 0.3) is 5.69 Å². The zero-order valence-corrected chi connectivity index (χ0v) is 10.1. The first kappa shape index (κ1) is 12.3. The molecule has 0 aliphatic carbocycles. The van der Waals surface area contributed by atoms with Gasteiger partial charge in [-0.15, -0.1) is 0 Å². The molecule has 2 rings (SSSR count). The van der Waals surface area contributed by atoms with E-state index in [0.29, 0.717) is 17.1 Å². The molecule has 0 amide bonds. The van der Waals surface area contributed by atoms with Gasteiger partial charge in [0.05, 0.1) is 17.3 Å². The molecule has 0 fully saturated rings. The van der Waals surface area contributed by atoms with Gasteiger partial charge in [-0.2, -0.15) is 0 Å². The van der Waals surface area contributed by atoms with Crippen LogP contribution >= 0.6 is 11.6 Å². The molecule has 1 heterocycles. The highest BCUT2D eigenvalue weighted by atomic mass is 35.5. The van der Waals surface area contributed by atoms with Gasteiger partial charge < -0.3 is 4.74 Å². The molecule has 92 valence electrons. The molecule has 0 bridgehead atoms. The van der Waals surface area contributed by atoms with Crippen molar-refractivity contribution in [3.05, 3.63) is 51.6 Å². The number of nitrogens with zero attached hydrogens (tertiary/aromatic N) is 3. The molecule has 0 unspecified atom stereocenters. The fraction of sp³-hybridized carbons (Fsp3) is 0.0909. The number of nitro benzene ring substituents is 1. The van der Waals surface area contributed by atoms with Gasteiger partial charge in [0.2, 0.25) is 5.28 Å². The van der Waals surface area contributed by atoms with Gasteiger partial charge in [-0.05, 0) is 30.2 Å². The minimum Gasteiger partial charge on any atom is -0.454 e. The molecule has 0 saturated carbocycles. The molecule has 0 saturated heterocycles. The second kappa shape index (κ2) is 4.97. The van der Waals surface area contributed by atoms with Crippen LogP contribution in [0.2, 0.25) is 5.28 Å². The molecular weight excluding hydrogens is 258 g/mol. The van der Waals surface area contributed by atoms with Crippen molar-refractivity contribution in [3.63, 3.8) is 0 Å². The van der Waals surface area contributed by atoms with E-state index < -0.39 is 4.92 Å². The smallest absolute Gasteiger partial charge is 0.269 e. The van der Waals surface area contributed by atoms with Gasteiger partial charge in [-0.1, -0.05) is 0 Å². The molecule has 1 aromatic heterocycles. The maximum atomic E-state index is 10.6. The molecule has 1 aromatic carbocycles. The second-order valence-electron chi connectivity index (χ2n) is 3.50. The van der Waals surface area contributed by atoms with Crippen LogP contribution in [0.25, 0.3) is 0 Å². The van der Waals surface area contributed by atoms with Gasteiger partial charge in [-0.25, -0.2) is 9.97 Å². The topological polar surface area (TPSA) is 78.2 Å². The Morgan fingerprint density at radius 1 is 1.33 bits per heavy atom. The van der Waals surface area contributed by atoms with Crippen LogP contribution in [0.15, 0.2) is 30.6 Å². The van der Waals surface area contributed by atoms with Crippen LogP contribution in [-0.4, -0.2) is 14.9 Å². The van der Waals surface area contributed by atoms with E-state index in [-0.39, 0.29) is 11.0 Å². The average molecular weight is 266 g/mol.